The summed E-state index contributed by atoms with van der Waals surface area (Å²) in [6.45, 7) is 0.0417. The number of aromatic nitrogens is 1. The summed E-state index contributed by atoms with van der Waals surface area (Å²) in [5.41, 5.74) is -1.30. The SMILES string of the molecule is COc1cc(OC)cc(C(=O)NC2(C(=O)NCc3ccc(Oc4ccc(OC)cc4C(F)(F)F)cn3)CC2)c1. The predicted octanol–water partition coefficient (Wildman–Crippen LogP) is 4.50. The number of pyridine rings is 1. The first-order valence-corrected chi connectivity index (χ1v) is 11.8. The van der Waals surface area contributed by atoms with Crippen LogP contribution in [0.25, 0.3) is 0 Å². The molecule has 1 aliphatic carbocycles. The lowest BCUT2D eigenvalue weighted by molar-refractivity contribution is -0.138. The number of methoxy groups -OCH3 is 3. The quantitative estimate of drug-likeness (QED) is 0.386. The first-order chi connectivity index (χ1) is 18.6. The molecule has 2 N–H and O–H groups in total. The molecule has 12 heteroatoms. The molecule has 206 valence electrons. The molecule has 3 aromatic rings. The van der Waals surface area contributed by atoms with Gasteiger partial charge in [-0.15, -0.1) is 0 Å². The van der Waals surface area contributed by atoms with Gasteiger partial charge in [-0.05, 0) is 55.3 Å². The van der Waals surface area contributed by atoms with Crippen LogP contribution in [0.2, 0.25) is 0 Å². The first-order valence-electron chi connectivity index (χ1n) is 11.8. The van der Waals surface area contributed by atoms with Crippen molar-refractivity contribution in [3.63, 3.8) is 0 Å². The van der Waals surface area contributed by atoms with Gasteiger partial charge in [-0.1, -0.05) is 0 Å². The second-order valence-corrected chi connectivity index (χ2v) is 8.77. The summed E-state index contributed by atoms with van der Waals surface area (Å²) < 4.78 is 60.9. The molecule has 2 aromatic carbocycles. The van der Waals surface area contributed by atoms with Gasteiger partial charge in [0.25, 0.3) is 5.91 Å². The lowest BCUT2D eigenvalue weighted by Gasteiger charge is -2.18. The molecular formula is C27H26F3N3O6. The summed E-state index contributed by atoms with van der Waals surface area (Å²) in [7, 11) is 4.21. The smallest absolute Gasteiger partial charge is 0.420 e. The molecule has 0 spiro atoms. The van der Waals surface area contributed by atoms with Crippen LogP contribution in [-0.4, -0.2) is 43.7 Å². The van der Waals surface area contributed by atoms with E-state index >= 15 is 0 Å². The van der Waals surface area contributed by atoms with E-state index < -0.39 is 28.9 Å². The second kappa shape index (κ2) is 11.1. The molecule has 1 heterocycles. The van der Waals surface area contributed by atoms with Crippen molar-refractivity contribution in [1.29, 1.82) is 0 Å². The highest BCUT2D eigenvalue weighted by atomic mass is 19.4. The fourth-order valence-corrected chi connectivity index (χ4v) is 3.75. The number of carbonyl (C=O) groups excluding carboxylic acids is 2. The minimum atomic E-state index is -4.64. The van der Waals surface area contributed by atoms with Crippen molar-refractivity contribution in [1.82, 2.24) is 15.6 Å². The minimum absolute atomic E-state index is 0.0417. The molecular weight excluding hydrogens is 519 g/mol. The molecule has 1 fully saturated rings. The normalized spacial score (nSPS) is 13.7. The fraction of sp³-hybridized carbons (Fsp3) is 0.296. The van der Waals surface area contributed by atoms with Crippen LogP contribution >= 0.6 is 0 Å². The highest BCUT2D eigenvalue weighted by Crippen LogP contribution is 2.40. The number of carbonyl (C=O) groups is 2. The van der Waals surface area contributed by atoms with Gasteiger partial charge in [-0.2, -0.15) is 13.2 Å². The van der Waals surface area contributed by atoms with Crippen molar-refractivity contribution >= 4 is 11.8 Å². The average Bonchev–Trinajstić information content (AvgIpc) is 3.72. The molecule has 1 aliphatic rings. The number of ether oxygens (including phenoxy) is 4. The predicted molar refractivity (Wildman–Crippen MR) is 133 cm³/mol. The third kappa shape index (κ3) is 6.51. The lowest BCUT2D eigenvalue weighted by Crippen LogP contribution is -2.48. The van der Waals surface area contributed by atoms with Gasteiger partial charge in [0.1, 0.15) is 39.8 Å². The Labute approximate surface area is 222 Å². The molecule has 4 rings (SSSR count). The van der Waals surface area contributed by atoms with Crippen molar-refractivity contribution in [2.24, 2.45) is 0 Å². The van der Waals surface area contributed by atoms with Crippen LogP contribution in [0.5, 0.6) is 28.7 Å². The van der Waals surface area contributed by atoms with Crippen LogP contribution in [-0.2, 0) is 17.5 Å². The fourth-order valence-electron chi connectivity index (χ4n) is 3.75. The summed E-state index contributed by atoms with van der Waals surface area (Å²) in [6, 6.07) is 11.1. The Bertz CT molecular complexity index is 1340. The number of alkyl halides is 3. The Balaban J connectivity index is 1.36. The molecule has 0 saturated heterocycles. The van der Waals surface area contributed by atoms with Crippen LogP contribution in [0.4, 0.5) is 13.2 Å². The summed E-state index contributed by atoms with van der Waals surface area (Å²) in [6.07, 6.45) is -2.45. The van der Waals surface area contributed by atoms with E-state index in [0.29, 0.717) is 30.0 Å². The number of rotatable bonds is 10. The van der Waals surface area contributed by atoms with Crippen LogP contribution in [0.1, 0.15) is 34.5 Å². The number of hydrogen-bond acceptors (Lipinski definition) is 7. The van der Waals surface area contributed by atoms with Gasteiger partial charge in [0, 0.05) is 11.6 Å². The highest BCUT2D eigenvalue weighted by Gasteiger charge is 2.51. The Morgan fingerprint density at radius 1 is 0.897 bits per heavy atom. The van der Waals surface area contributed by atoms with Crippen LogP contribution in [0.3, 0.4) is 0 Å². The monoisotopic (exact) mass is 545 g/mol. The van der Waals surface area contributed by atoms with Gasteiger partial charge in [0.05, 0.1) is 39.8 Å². The van der Waals surface area contributed by atoms with Crippen molar-refractivity contribution in [3.05, 3.63) is 71.5 Å². The molecule has 1 saturated carbocycles. The lowest BCUT2D eigenvalue weighted by atomic mass is 10.1. The molecule has 0 bridgehead atoms. The molecule has 0 unspecified atom stereocenters. The number of nitrogens with one attached hydrogen (secondary N) is 2. The zero-order chi connectivity index (χ0) is 28.2. The van der Waals surface area contributed by atoms with Crippen LogP contribution in [0, 0.1) is 0 Å². The Kier molecular flexibility index (Phi) is 7.84. The molecule has 0 atom stereocenters. The summed E-state index contributed by atoms with van der Waals surface area (Å²) in [4.78, 5) is 29.8. The first kappa shape index (κ1) is 27.6. The molecule has 1 aromatic heterocycles. The van der Waals surface area contributed by atoms with E-state index in [2.05, 4.69) is 15.6 Å². The van der Waals surface area contributed by atoms with E-state index in [0.717, 1.165) is 6.07 Å². The van der Waals surface area contributed by atoms with Crippen molar-refractivity contribution in [2.75, 3.05) is 21.3 Å². The van der Waals surface area contributed by atoms with Gasteiger partial charge < -0.3 is 29.6 Å². The largest absolute Gasteiger partial charge is 0.497 e. The van der Waals surface area contributed by atoms with Gasteiger partial charge in [0.2, 0.25) is 5.91 Å². The standard InChI is InChI=1S/C27H26F3N3O6/c1-36-18-6-7-23(22(13-18)27(28,29)30)39-19-5-4-17(31-15-19)14-32-25(35)26(8-9-26)33-24(34)16-10-20(37-2)12-21(11-16)38-3/h4-7,10-13,15H,8-9,14H2,1-3H3,(H,32,35)(H,33,34). The van der Waals surface area contributed by atoms with Crippen molar-refractivity contribution < 1.29 is 41.7 Å². The highest BCUT2D eigenvalue weighted by molar-refractivity contribution is 6.01. The van der Waals surface area contributed by atoms with E-state index in [1.165, 1.54) is 51.8 Å². The van der Waals surface area contributed by atoms with E-state index in [9.17, 15) is 22.8 Å². The Hall–Kier alpha value is -4.48. The molecule has 9 nitrogen and oxygen atoms in total. The number of benzene rings is 2. The summed E-state index contributed by atoms with van der Waals surface area (Å²) in [5.74, 6) is -0.210. The van der Waals surface area contributed by atoms with Gasteiger partial charge >= 0.3 is 6.18 Å². The van der Waals surface area contributed by atoms with Gasteiger partial charge in [-0.25, -0.2) is 0 Å². The van der Waals surface area contributed by atoms with Crippen molar-refractivity contribution in [3.8, 4) is 28.7 Å². The minimum Gasteiger partial charge on any atom is -0.497 e. The Morgan fingerprint density at radius 2 is 1.54 bits per heavy atom. The molecule has 39 heavy (non-hydrogen) atoms. The molecule has 0 aliphatic heterocycles. The maximum absolute atomic E-state index is 13.4. The Morgan fingerprint density at radius 3 is 2.08 bits per heavy atom. The maximum Gasteiger partial charge on any atom is 0.420 e. The molecule has 2 amide bonds. The van der Waals surface area contributed by atoms with Crippen LogP contribution in [0.15, 0.2) is 54.7 Å². The summed E-state index contributed by atoms with van der Waals surface area (Å²) >= 11 is 0. The van der Waals surface area contributed by atoms with Gasteiger partial charge in [0.15, 0.2) is 0 Å². The number of halogens is 3. The number of nitrogens with zero attached hydrogens (tertiary/aromatic N) is 1. The van der Waals surface area contributed by atoms with E-state index in [-0.39, 0.29) is 29.5 Å². The van der Waals surface area contributed by atoms with Crippen molar-refractivity contribution in [2.45, 2.75) is 31.1 Å². The van der Waals surface area contributed by atoms with Gasteiger partial charge in [-0.3, -0.25) is 14.6 Å². The zero-order valence-electron chi connectivity index (χ0n) is 21.3. The summed E-state index contributed by atoms with van der Waals surface area (Å²) in [5, 5.41) is 5.53. The van der Waals surface area contributed by atoms with E-state index in [4.69, 9.17) is 18.9 Å². The van der Waals surface area contributed by atoms with E-state index in [1.54, 1.807) is 18.2 Å². The number of hydrogen-bond donors (Lipinski definition) is 2. The molecule has 0 radical (unpaired) electrons. The maximum atomic E-state index is 13.4. The van der Waals surface area contributed by atoms with E-state index in [1.807, 2.05) is 0 Å². The zero-order valence-corrected chi connectivity index (χ0v) is 21.3. The topological polar surface area (TPSA) is 108 Å². The third-order valence-electron chi connectivity index (χ3n) is 6.10. The average molecular weight is 546 g/mol. The van der Waals surface area contributed by atoms with Crippen LogP contribution < -0.4 is 29.6 Å². The third-order valence-corrected chi connectivity index (χ3v) is 6.10. The number of amides is 2. The second-order valence-electron chi connectivity index (χ2n) is 8.77.